The number of carbonyl (C=O) groups excluding carboxylic acids is 1. The van der Waals surface area contributed by atoms with Crippen molar-refractivity contribution in [1.29, 1.82) is 0 Å². The molecule has 0 fully saturated rings. The van der Waals surface area contributed by atoms with E-state index in [1.807, 2.05) is 12.1 Å². The van der Waals surface area contributed by atoms with Crippen LogP contribution in [-0.2, 0) is 11.3 Å². The molecule has 0 saturated heterocycles. The highest BCUT2D eigenvalue weighted by molar-refractivity contribution is 5.76. The Hall–Kier alpha value is -2.29. The minimum absolute atomic E-state index is 0.0674. The topological polar surface area (TPSA) is 41.1 Å². The SMILES string of the molecule is Cc1ccc(CNC(=O)CCNc2ccc(C)cc2C)cc1. The fourth-order valence-electron chi connectivity index (χ4n) is 2.32. The minimum atomic E-state index is 0.0674. The number of hydrogen-bond donors (Lipinski definition) is 2. The third-order valence-electron chi connectivity index (χ3n) is 3.66. The van der Waals surface area contributed by atoms with Crippen LogP contribution >= 0.6 is 0 Å². The monoisotopic (exact) mass is 296 g/mol. The van der Waals surface area contributed by atoms with Crippen LogP contribution in [-0.4, -0.2) is 12.5 Å². The van der Waals surface area contributed by atoms with E-state index in [1.54, 1.807) is 0 Å². The first-order valence-corrected chi connectivity index (χ1v) is 7.68. The number of aryl methyl sites for hydroxylation is 3. The van der Waals surface area contributed by atoms with Crippen LogP contribution in [0, 0.1) is 20.8 Å². The molecule has 0 unspecified atom stereocenters. The lowest BCUT2D eigenvalue weighted by Gasteiger charge is -2.10. The summed E-state index contributed by atoms with van der Waals surface area (Å²) in [6, 6.07) is 14.5. The molecule has 2 rings (SSSR count). The molecule has 0 radical (unpaired) electrons. The molecule has 3 heteroatoms. The van der Waals surface area contributed by atoms with Gasteiger partial charge in [-0.05, 0) is 38.0 Å². The van der Waals surface area contributed by atoms with Crippen molar-refractivity contribution in [3.63, 3.8) is 0 Å². The first kappa shape index (κ1) is 16.1. The molecule has 0 saturated carbocycles. The molecular weight excluding hydrogens is 272 g/mol. The maximum atomic E-state index is 11.9. The lowest BCUT2D eigenvalue weighted by atomic mass is 10.1. The van der Waals surface area contributed by atoms with Crippen LogP contribution in [0.5, 0.6) is 0 Å². The molecule has 3 nitrogen and oxygen atoms in total. The van der Waals surface area contributed by atoms with Gasteiger partial charge in [0.05, 0.1) is 0 Å². The van der Waals surface area contributed by atoms with Gasteiger partial charge in [0.25, 0.3) is 0 Å². The molecule has 2 N–H and O–H groups in total. The fraction of sp³-hybridized carbons (Fsp3) is 0.316. The molecule has 0 aliphatic rings. The minimum Gasteiger partial charge on any atom is -0.384 e. The maximum absolute atomic E-state index is 11.9. The van der Waals surface area contributed by atoms with E-state index in [0.717, 1.165) is 11.3 Å². The average Bonchev–Trinajstić information content (AvgIpc) is 2.49. The van der Waals surface area contributed by atoms with Crippen molar-refractivity contribution in [1.82, 2.24) is 5.32 Å². The van der Waals surface area contributed by atoms with Crippen molar-refractivity contribution in [2.45, 2.75) is 33.7 Å². The molecule has 22 heavy (non-hydrogen) atoms. The number of nitrogens with one attached hydrogen (secondary N) is 2. The molecule has 0 bridgehead atoms. The van der Waals surface area contributed by atoms with E-state index in [-0.39, 0.29) is 5.91 Å². The largest absolute Gasteiger partial charge is 0.384 e. The Morgan fingerprint density at radius 1 is 0.955 bits per heavy atom. The van der Waals surface area contributed by atoms with E-state index in [2.05, 4.69) is 61.7 Å². The molecule has 0 aliphatic heterocycles. The van der Waals surface area contributed by atoms with Crippen molar-refractivity contribution in [2.75, 3.05) is 11.9 Å². The number of amides is 1. The molecule has 2 aromatic rings. The van der Waals surface area contributed by atoms with Crippen LogP contribution < -0.4 is 10.6 Å². The van der Waals surface area contributed by atoms with E-state index in [0.29, 0.717) is 19.5 Å². The molecule has 0 heterocycles. The Balaban J connectivity index is 1.72. The van der Waals surface area contributed by atoms with Gasteiger partial charge >= 0.3 is 0 Å². The standard InChI is InChI=1S/C19H24N2O/c1-14-4-7-17(8-5-14)13-21-19(22)10-11-20-18-9-6-15(2)12-16(18)3/h4-9,12,20H,10-11,13H2,1-3H3,(H,21,22). The van der Waals surface area contributed by atoms with Gasteiger partial charge in [0, 0.05) is 25.2 Å². The number of hydrogen-bond acceptors (Lipinski definition) is 2. The van der Waals surface area contributed by atoms with E-state index in [9.17, 15) is 4.79 Å². The van der Waals surface area contributed by atoms with Crippen LogP contribution in [0.15, 0.2) is 42.5 Å². The van der Waals surface area contributed by atoms with Gasteiger partial charge in [-0.2, -0.15) is 0 Å². The van der Waals surface area contributed by atoms with Gasteiger partial charge in [0.1, 0.15) is 0 Å². The van der Waals surface area contributed by atoms with Crippen molar-refractivity contribution in [3.05, 3.63) is 64.7 Å². The smallest absolute Gasteiger partial charge is 0.222 e. The summed E-state index contributed by atoms with van der Waals surface area (Å²) in [7, 11) is 0. The molecule has 0 atom stereocenters. The summed E-state index contributed by atoms with van der Waals surface area (Å²) in [4.78, 5) is 11.9. The summed E-state index contributed by atoms with van der Waals surface area (Å²) in [5.74, 6) is 0.0674. The van der Waals surface area contributed by atoms with Gasteiger partial charge in [0.15, 0.2) is 0 Å². The Morgan fingerprint density at radius 3 is 2.32 bits per heavy atom. The zero-order chi connectivity index (χ0) is 15.9. The van der Waals surface area contributed by atoms with Gasteiger partial charge in [-0.3, -0.25) is 4.79 Å². The second-order valence-electron chi connectivity index (χ2n) is 5.76. The van der Waals surface area contributed by atoms with Gasteiger partial charge in [-0.1, -0.05) is 47.5 Å². The highest BCUT2D eigenvalue weighted by Gasteiger charge is 2.03. The van der Waals surface area contributed by atoms with E-state index < -0.39 is 0 Å². The van der Waals surface area contributed by atoms with Crippen molar-refractivity contribution < 1.29 is 4.79 Å². The van der Waals surface area contributed by atoms with Crippen LogP contribution in [0.4, 0.5) is 5.69 Å². The van der Waals surface area contributed by atoms with Gasteiger partial charge in [-0.15, -0.1) is 0 Å². The van der Waals surface area contributed by atoms with Gasteiger partial charge in [0.2, 0.25) is 5.91 Å². The van der Waals surface area contributed by atoms with Crippen molar-refractivity contribution in [2.24, 2.45) is 0 Å². The molecule has 1 amide bonds. The van der Waals surface area contributed by atoms with Crippen molar-refractivity contribution in [3.8, 4) is 0 Å². The first-order valence-electron chi connectivity index (χ1n) is 7.68. The summed E-state index contributed by atoms with van der Waals surface area (Å²) >= 11 is 0. The Labute approximate surface area is 132 Å². The molecular formula is C19H24N2O. The van der Waals surface area contributed by atoms with Crippen LogP contribution in [0.2, 0.25) is 0 Å². The zero-order valence-electron chi connectivity index (χ0n) is 13.6. The van der Waals surface area contributed by atoms with Crippen LogP contribution in [0.3, 0.4) is 0 Å². The lowest BCUT2D eigenvalue weighted by molar-refractivity contribution is -0.121. The quantitative estimate of drug-likeness (QED) is 0.853. The molecule has 116 valence electrons. The molecule has 2 aromatic carbocycles. The normalized spacial score (nSPS) is 10.3. The lowest BCUT2D eigenvalue weighted by Crippen LogP contribution is -2.24. The summed E-state index contributed by atoms with van der Waals surface area (Å²) in [5.41, 5.74) is 5.91. The first-order chi connectivity index (χ1) is 10.5. The Bertz CT molecular complexity index is 632. The Kier molecular flexibility index (Phi) is 5.59. The third kappa shape index (κ3) is 4.92. The second-order valence-corrected chi connectivity index (χ2v) is 5.76. The highest BCUT2D eigenvalue weighted by atomic mass is 16.1. The summed E-state index contributed by atoms with van der Waals surface area (Å²) < 4.78 is 0. The van der Waals surface area contributed by atoms with E-state index in [1.165, 1.54) is 16.7 Å². The van der Waals surface area contributed by atoms with E-state index in [4.69, 9.17) is 0 Å². The van der Waals surface area contributed by atoms with Crippen LogP contribution in [0.1, 0.15) is 28.7 Å². The second kappa shape index (κ2) is 7.64. The molecule has 0 aromatic heterocycles. The summed E-state index contributed by atoms with van der Waals surface area (Å²) in [5, 5.41) is 6.27. The summed E-state index contributed by atoms with van der Waals surface area (Å²) in [6.07, 6.45) is 0.471. The van der Waals surface area contributed by atoms with Crippen LogP contribution in [0.25, 0.3) is 0 Å². The third-order valence-corrected chi connectivity index (χ3v) is 3.66. The number of carbonyl (C=O) groups is 1. The summed E-state index contributed by atoms with van der Waals surface area (Å²) in [6.45, 7) is 7.44. The predicted octanol–water partition coefficient (Wildman–Crippen LogP) is 3.73. The molecule has 0 spiro atoms. The fourth-order valence-corrected chi connectivity index (χ4v) is 2.32. The zero-order valence-corrected chi connectivity index (χ0v) is 13.6. The number of rotatable bonds is 6. The van der Waals surface area contributed by atoms with Gasteiger partial charge < -0.3 is 10.6 Å². The number of anilines is 1. The maximum Gasteiger partial charge on any atom is 0.222 e. The Morgan fingerprint density at radius 2 is 1.64 bits per heavy atom. The number of benzene rings is 2. The highest BCUT2D eigenvalue weighted by Crippen LogP contribution is 2.15. The average molecular weight is 296 g/mol. The van der Waals surface area contributed by atoms with Crippen molar-refractivity contribution >= 4 is 11.6 Å². The molecule has 0 aliphatic carbocycles. The predicted molar refractivity (Wildman–Crippen MR) is 92.0 cm³/mol. The van der Waals surface area contributed by atoms with E-state index >= 15 is 0 Å². The van der Waals surface area contributed by atoms with Gasteiger partial charge in [-0.25, -0.2) is 0 Å².